The van der Waals surface area contributed by atoms with Gasteiger partial charge in [0.15, 0.2) is 0 Å². The van der Waals surface area contributed by atoms with Crippen LogP contribution in [0.15, 0.2) is 53.4 Å². The number of amides is 1. The lowest BCUT2D eigenvalue weighted by Crippen LogP contribution is -2.15. The zero-order valence-electron chi connectivity index (χ0n) is 13.8. The topological polar surface area (TPSA) is 75.3 Å². The van der Waals surface area contributed by atoms with Crippen molar-refractivity contribution in [1.82, 2.24) is 0 Å². The highest BCUT2D eigenvalue weighted by molar-refractivity contribution is 7.93. The van der Waals surface area contributed by atoms with E-state index in [1.54, 1.807) is 0 Å². The Labute approximate surface area is 156 Å². The third-order valence-corrected chi connectivity index (χ3v) is 5.75. The summed E-state index contributed by atoms with van der Waals surface area (Å²) < 4.78 is 79.7. The maximum absolute atomic E-state index is 13.4. The summed E-state index contributed by atoms with van der Waals surface area (Å²) in [4.78, 5) is 11.7. The minimum atomic E-state index is -4.97. The van der Waals surface area contributed by atoms with Gasteiger partial charge >= 0.3 is 6.18 Å². The molecule has 1 aliphatic rings. The Morgan fingerprint density at radius 3 is 2.46 bits per heavy atom. The summed E-state index contributed by atoms with van der Waals surface area (Å²) in [6.45, 7) is 0. The average molecular weight is 410 g/mol. The van der Waals surface area contributed by atoms with Gasteiger partial charge in [-0.3, -0.25) is 9.52 Å². The maximum atomic E-state index is 13.4. The molecule has 1 amide bonds. The fourth-order valence-electron chi connectivity index (χ4n) is 3.11. The van der Waals surface area contributed by atoms with Gasteiger partial charge in [-0.15, -0.1) is 0 Å². The molecular formula is C18H10F4N2O3S. The zero-order chi connectivity index (χ0) is 20.3. The summed E-state index contributed by atoms with van der Waals surface area (Å²) in [5, 5.41) is 3.25. The first-order valence-electron chi connectivity index (χ1n) is 7.84. The Balaban J connectivity index is 1.81. The van der Waals surface area contributed by atoms with E-state index < -0.39 is 33.3 Å². The van der Waals surface area contributed by atoms with Gasteiger partial charge in [0.25, 0.3) is 15.9 Å². The Kier molecular flexibility index (Phi) is 3.86. The molecule has 0 spiro atoms. The summed E-state index contributed by atoms with van der Waals surface area (Å²) in [6, 6.07) is 8.99. The number of rotatable bonds is 3. The third kappa shape index (κ3) is 2.85. The highest BCUT2D eigenvalue weighted by atomic mass is 32.2. The molecule has 144 valence electrons. The summed E-state index contributed by atoms with van der Waals surface area (Å²) >= 11 is 0. The number of hydrogen-bond donors (Lipinski definition) is 2. The first-order valence-corrected chi connectivity index (χ1v) is 9.33. The predicted molar refractivity (Wildman–Crippen MR) is 94.1 cm³/mol. The molecule has 0 unspecified atom stereocenters. The molecule has 0 fully saturated rings. The van der Waals surface area contributed by atoms with Gasteiger partial charge in [0.05, 0.1) is 10.5 Å². The largest absolute Gasteiger partial charge is 0.419 e. The maximum Gasteiger partial charge on any atom is 0.419 e. The molecule has 4 rings (SSSR count). The fraction of sp³-hybridized carbons (Fsp3) is 0.0556. The number of carbonyl (C=O) groups excluding carboxylic acids is 1. The number of hydrogen-bond acceptors (Lipinski definition) is 3. The molecule has 0 saturated carbocycles. The van der Waals surface area contributed by atoms with E-state index in [1.807, 2.05) is 4.72 Å². The van der Waals surface area contributed by atoms with Crippen molar-refractivity contribution in [3.8, 4) is 0 Å². The summed E-state index contributed by atoms with van der Waals surface area (Å²) in [5.74, 6) is -1.89. The summed E-state index contributed by atoms with van der Waals surface area (Å²) in [7, 11) is -4.32. The SMILES string of the molecule is O=C1Nc2ccc(S(=O)(=O)Nc3ccc(F)c(C(F)(F)F)c3)c3cccc1c23. The van der Waals surface area contributed by atoms with E-state index in [-0.39, 0.29) is 16.2 Å². The Morgan fingerprint density at radius 1 is 1.00 bits per heavy atom. The molecule has 0 aromatic heterocycles. The van der Waals surface area contributed by atoms with E-state index in [2.05, 4.69) is 5.32 Å². The molecule has 0 bridgehead atoms. The van der Waals surface area contributed by atoms with Crippen molar-refractivity contribution >= 4 is 38.1 Å². The van der Waals surface area contributed by atoms with Crippen molar-refractivity contribution < 1.29 is 30.8 Å². The van der Waals surface area contributed by atoms with E-state index in [4.69, 9.17) is 0 Å². The average Bonchev–Trinajstić information content (AvgIpc) is 2.93. The molecule has 3 aromatic rings. The first-order chi connectivity index (χ1) is 13.1. The lowest BCUT2D eigenvalue weighted by atomic mass is 10.1. The number of halogens is 4. The number of carbonyl (C=O) groups is 1. The molecule has 3 aromatic carbocycles. The molecule has 0 saturated heterocycles. The highest BCUT2D eigenvalue weighted by Crippen LogP contribution is 2.37. The second-order valence-corrected chi connectivity index (χ2v) is 7.74. The van der Waals surface area contributed by atoms with Crippen LogP contribution in [0.25, 0.3) is 10.8 Å². The van der Waals surface area contributed by atoms with E-state index in [9.17, 15) is 30.8 Å². The highest BCUT2D eigenvalue weighted by Gasteiger charge is 2.34. The number of nitrogens with one attached hydrogen (secondary N) is 2. The number of benzene rings is 3. The standard InChI is InChI=1S/C18H10F4N2O3S/c19-13-5-4-9(8-12(13)18(20,21)22)24-28(26,27)15-7-6-14-16-10(15)2-1-3-11(16)17(25)23-14/h1-8,24H,(H,23,25). The molecule has 0 atom stereocenters. The van der Waals surface area contributed by atoms with Gasteiger partial charge in [-0.25, -0.2) is 12.8 Å². The minimum Gasteiger partial charge on any atom is -0.321 e. The van der Waals surface area contributed by atoms with Gasteiger partial charge in [-0.05, 0) is 36.4 Å². The molecular weight excluding hydrogens is 400 g/mol. The predicted octanol–water partition coefficient (Wildman–Crippen LogP) is 4.36. The van der Waals surface area contributed by atoms with Gasteiger partial charge in [0, 0.05) is 27.7 Å². The summed E-state index contributed by atoms with van der Waals surface area (Å²) in [5.41, 5.74) is -1.28. The normalized spacial score (nSPS) is 13.6. The van der Waals surface area contributed by atoms with Crippen LogP contribution in [0.5, 0.6) is 0 Å². The van der Waals surface area contributed by atoms with Crippen LogP contribution in [0.2, 0.25) is 0 Å². The number of alkyl halides is 3. The van der Waals surface area contributed by atoms with Crippen molar-refractivity contribution in [2.45, 2.75) is 11.1 Å². The van der Waals surface area contributed by atoms with Gasteiger partial charge in [0.1, 0.15) is 5.82 Å². The minimum absolute atomic E-state index is 0.220. The molecule has 0 radical (unpaired) electrons. The van der Waals surface area contributed by atoms with Crippen LogP contribution in [-0.4, -0.2) is 14.3 Å². The Hall–Kier alpha value is -3.14. The Bertz CT molecular complexity index is 1250. The molecule has 1 aliphatic heterocycles. The van der Waals surface area contributed by atoms with Crippen molar-refractivity contribution in [2.24, 2.45) is 0 Å². The van der Waals surface area contributed by atoms with Crippen LogP contribution in [0.3, 0.4) is 0 Å². The van der Waals surface area contributed by atoms with Crippen LogP contribution in [0.1, 0.15) is 15.9 Å². The lowest BCUT2D eigenvalue weighted by molar-refractivity contribution is -0.139. The number of anilines is 2. The second kappa shape index (κ2) is 5.93. The molecule has 1 heterocycles. The second-order valence-electron chi connectivity index (χ2n) is 6.09. The zero-order valence-corrected chi connectivity index (χ0v) is 14.6. The van der Waals surface area contributed by atoms with Crippen LogP contribution in [0.4, 0.5) is 28.9 Å². The van der Waals surface area contributed by atoms with Crippen molar-refractivity contribution in [3.63, 3.8) is 0 Å². The van der Waals surface area contributed by atoms with Crippen LogP contribution in [-0.2, 0) is 16.2 Å². The van der Waals surface area contributed by atoms with Gasteiger partial charge in [-0.2, -0.15) is 13.2 Å². The molecule has 28 heavy (non-hydrogen) atoms. The monoisotopic (exact) mass is 410 g/mol. The van der Waals surface area contributed by atoms with Gasteiger partial charge < -0.3 is 5.32 Å². The van der Waals surface area contributed by atoms with E-state index in [0.29, 0.717) is 28.8 Å². The smallest absolute Gasteiger partial charge is 0.321 e. The van der Waals surface area contributed by atoms with Crippen LogP contribution >= 0.6 is 0 Å². The molecule has 10 heteroatoms. The van der Waals surface area contributed by atoms with E-state index in [1.165, 1.54) is 30.3 Å². The molecule has 2 N–H and O–H groups in total. The first kappa shape index (κ1) is 18.2. The van der Waals surface area contributed by atoms with Crippen molar-refractivity contribution in [3.05, 3.63) is 65.5 Å². The fourth-order valence-corrected chi connectivity index (χ4v) is 4.37. The van der Waals surface area contributed by atoms with Crippen LogP contribution < -0.4 is 10.0 Å². The quantitative estimate of drug-likeness (QED) is 0.630. The van der Waals surface area contributed by atoms with Gasteiger partial charge in [-0.1, -0.05) is 12.1 Å². The Morgan fingerprint density at radius 2 is 1.75 bits per heavy atom. The van der Waals surface area contributed by atoms with Crippen molar-refractivity contribution in [1.29, 1.82) is 0 Å². The molecule has 0 aliphatic carbocycles. The van der Waals surface area contributed by atoms with Gasteiger partial charge in [0.2, 0.25) is 0 Å². The van der Waals surface area contributed by atoms with E-state index >= 15 is 0 Å². The third-order valence-electron chi connectivity index (χ3n) is 4.31. The molecule has 5 nitrogen and oxygen atoms in total. The number of sulfonamides is 1. The summed E-state index contributed by atoms with van der Waals surface area (Å²) in [6.07, 6.45) is -4.97. The van der Waals surface area contributed by atoms with Crippen molar-refractivity contribution in [2.75, 3.05) is 10.0 Å². The van der Waals surface area contributed by atoms with Crippen LogP contribution in [0, 0.1) is 5.82 Å². The van der Waals surface area contributed by atoms with E-state index in [0.717, 1.165) is 6.07 Å². The lowest BCUT2D eigenvalue weighted by Gasteiger charge is -2.13.